The molecule has 0 spiro atoms. The standard InChI is InChI=1S/C17H19ClN2O3S/c1-13-6-5-8-15(10-13)20(24(2,22)23)12-17(21)19-11-14-7-3-4-9-16(14)18/h3-10H,11-12H2,1-2H3,(H,19,21). The van der Waals surface area contributed by atoms with Crippen molar-refractivity contribution in [2.75, 3.05) is 17.1 Å². The van der Waals surface area contributed by atoms with Gasteiger partial charge in [0.05, 0.1) is 11.9 Å². The summed E-state index contributed by atoms with van der Waals surface area (Å²) in [4.78, 5) is 12.2. The number of nitrogens with one attached hydrogen (secondary N) is 1. The number of carbonyl (C=O) groups is 1. The minimum absolute atomic E-state index is 0.240. The van der Waals surface area contributed by atoms with E-state index in [9.17, 15) is 13.2 Å². The molecular weight excluding hydrogens is 348 g/mol. The number of carbonyl (C=O) groups excluding carboxylic acids is 1. The molecule has 0 saturated carbocycles. The normalized spacial score (nSPS) is 11.1. The highest BCUT2D eigenvalue weighted by Gasteiger charge is 2.20. The lowest BCUT2D eigenvalue weighted by molar-refractivity contribution is -0.119. The largest absolute Gasteiger partial charge is 0.350 e. The van der Waals surface area contributed by atoms with E-state index in [2.05, 4.69) is 5.32 Å². The molecule has 0 unspecified atom stereocenters. The van der Waals surface area contributed by atoms with E-state index >= 15 is 0 Å². The molecule has 2 aromatic rings. The van der Waals surface area contributed by atoms with Crippen LogP contribution in [-0.4, -0.2) is 27.1 Å². The molecule has 0 atom stereocenters. The van der Waals surface area contributed by atoms with Crippen LogP contribution >= 0.6 is 11.6 Å². The van der Waals surface area contributed by atoms with Gasteiger partial charge in [-0.25, -0.2) is 8.42 Å². The van der Waals surface area contributed by atoms with Gasteiger partial charge in [-0.2, -0.15) is 0 Å². The van der Waals surface area contributed by atoms with Gasteiger partial charge >= 0.3 is 0 Å². The summed E-state index contributed by atoms with van der Waals surface area (Å²) in [7, 11) is -3.57. The van der Waals surface area contributed by atoms with Gasteiger partial charge in [0.2, 0.25) is 15.9 Å². The Balaban J connectivity index is 2.10. The van der Waals surface area contributed by atoms with Crippen LogP contribution in [0.15, 0.2) is 48.5 Å². The zero-order valence-electron chi connectivity index (χ0n) is 13.5. The first-order valence-corrected chi connectivity index (χ1v) is 9.54. The van der Waals surface area contributed by atoms with Crippen molar-refractivity contribution in [3.63, 3.8) is 0 Å². The molecule has 2 rings (SSSR count). The summed E-state index contributed by atoms with van der Waals surface area (Å²) in [5, 5.41) is 3.25. The Morgan fingerprint density at radius 3 is 2.50 bits per heavy atom. The molecule has 0 aromatic heterocycles. The van der Waals surface area contributed by atoms with Gasteiger partial charge < -0.3 is 5.32 Å². The van der Waals surface area contributed by atoms with Crippen molar-refractivity contribution < 1.29 is 13.2 Å². The monoisotopic (exact) mass is 366 g/mol. The second-order valence-corrected chi connectivity index (χ2v) is 7.79. The number of hydrogen-bond donors (Lipinski definition) is 1. The average Bonchev–Trinajstić information content (AvgIpc) is 2.50. The van der Waals surface area contributed by atoms with E-state index in [1.165, 1.54) is 0 Å². The van der Waals surface area contributed by atoms with Gasteiger partial charge in [0.25, 0.3) is 0 Å². The maximum Gasteiger partial charge on any atom is 0.241 e. The number of sulfonamides is 1. The van der Waals surface area contributed by atoms with Crippen LogP contribution in [0, 0.1) is 6.92 Å². The van der Waals surface area contributed by atoms with Crippen molar-refractivity contribution in [2.45, 2.75) is 13.5 Å². The van der Waals surface area contributed by atoms with Gasteiger partial charge in [-0.15, -0.1) is 0 Å². The fourth-order valence-corrected chi connectivity index (χ4v) is 3.26. The molecule has 1 N–H and O–H groups in total. The predicted molar refractivity (Wildman–Crippen MR) is 96.7 cm³/mol. The SMILES string of the molecule is Cc1cccc(N(CC(=O)NCc2ccccc2Cl)S(C)(=O)=O)c1. The van der Waals surface area contributed by atoms with Crippen LogP contribution in [0.4, 0.5) is 5.69 Å². The second kappa shape index (κ2) is 7.68. The summed E-state index contributed by atoms with van der Waals surface area (Å²) in [6, 6.07) is 14.2. The smallest absolute Gasteiger partial charge is 0.241 e. The molecule has 0 heterocycles. The molecule has 0 bridgehead atoms. The van der Waals surface area contributed by atoms with Crippen LogP contribution in [0.1, 0.15) is 11.1 Å². The van der Waals surface area contributed by atoms with Crippen LogP contribution in [0.25, 0.3) is 0 Å². The van der Waals surface area contributed by atoms with Crippen LogP contribution < -0.4 is 9.62 Å². The zero-order valence-corrected chi connectivity index (χ0v) is 15.1. The van der Waals surface area contributed by atoms with Crippen molar-refractivity contribution in [1.82, 2.24) is 5.32 Å². The molecule has 128 valence electrons. The van der Waals surface area contributed by atoms with Crippen LogP contribution in [0.2, 0.25) is 5.02 Å². The predicted octanol–water partition coefficient (Wildman–Crippen LogP) is 2.73. The third kappa shape index (κ3) is 4.97. The lowest BCUT2D eigenvalue weighted by Gasteiger charge is -2.22. The maximum atomic E-state index is 12.2. The van der Waals surface area contributed by atoms with E-state index in [0.717, 1.165) is 21.7 Å². The molecule has 2 aromatic carbocycles. The van der Waals surface area contributed by atoms with E-state index in [4.69, 9.17) is 11.6 Å². The Bertz CT molecular complexity index is 837. The minimum Gasteiger partial charge on any atom is -0.350 e. The van der Waals surface area contributed by atoms with E-state index in [0.29, 0.717) is 10.7 Å². The number of aryl methyl sites for hydroxylation is 1. The topological polar surface area (TPSA) is 66.5 Å². The van der Waals surface area contributed by atoms with Gasteiger partial charge in [0.1, 0.15) is 6.54 Å². The average molecular weight is 367 g/mol. The Hall–Kier alpha value is -2.05. The number of amides is 1. The summed E-state index contributed by atoms with van der Waals surface area (Å²) < 4.78 is 25.1. The van der Waals surface area contributed by atoms with Crippen molar-refractivity contribution in [1.29, 1.82) is 0 Å². The molecule has 5 nitrogen and oxygen atoms in total. The number of benzene rings is 2. The highest BCUT2D eigenvalue weighted by Crippen LogP contribution is 2.19. The third-order valence-corrected chi connectivity index (χ3v) is 4.92. The van der Waals surface area contributed by atoms with Gasteiger partial charge in [0.15, 0.2) is 0 Å². The molecule has 0 aliphatic heterocycles. The number of anilines is 1. The Labute approximate surface area is 147 Å². The van der Waals surface area contributed by atoms with Gasteiger partial charge in [-0.05, 0) is 36.2 Å². The summed E-state index contributed by atoms with van der Waals surface area (Å²) in [5.74, 6) is -0.401. The molecule has 0 saturated heterocycles. The van der Waals surface area contributed by atoms with E-state index in [-0.39, 0.29) is 13.1 Å². The summed E-state index contributed by atoms with van der Waals surface area (Å²) in [6.07, 6.45) is 1.08. The fourth-order valence-electron chi connectivity index (χ4n) is 2.21. The van der Waals surface area contributed by atoms with E-state index < -0.39 is 15.9 Å². The van der Waals surface area contributed by atoms with Crippen molar-refractivity contribution in [2.24, 2.45) is 0 Å². The highest BCUT2D eigenvalue weighted by molar-refractivity contribution is 7.92. The molecule has 1 amide bonds. The first kappa shape index (κ1) is 18.3. The van der Waals surface area contributed by atoms with Crippen LogP contribution in [0.5, 0.6) is 0 Å². The van der Waals surface area contributed by atoms with E-state index in [1.807, 2.05) is 19.1 Å². The van der Waals surface area contributed by atoms with Gasteiger partial charge in [-0.1, -0.05) is 41.9 Å². The number of hydrogen-bond acceptors (Lipinski definition) is 3. The van der Waals surface area contributed by atoms with Crippen molar-refractivity contribution in [3.05, 3.63) is 64.7 Å². The maximum absolute atomic E-state index is 12.2. The summed E-state index contributed by atoms with van der Waals surface area (Å²) >= 11 is 6.04. The molecule has 0 aliphatic rings. The molecule has 7 heteroatoms. The Morgan fingerprint density at radius 2 is 1.88 bits per heavy atom. The number of rotatable bonds is 6. The first-order chi connectivity index (χ1) is 11.3. The third-order valence-electron chi connectivity index (χ3n) is 3.41. The fraction of sp³-hybridized carbons (Fsp3) is 0.235. The van der Waals surface area contributed by atoms with Gasteiger partial charge in [0, 0.05) is 11.6 Å². The van der Waals surface area contributed by atoms with Crippen molar-refractivity contribution in [3.8, 4) is 0 Å². The molecule has 0 radical (unpaired) electrons. The van der Waals surface area contributed by atoms with Crippen LogP contribution in [-0.2, 0) is 21.4 Å². The molecule has 24 heavy (non-hydrogen) atoms. The highest BCUT2D eigenvalue weighted by atomic mass is 35.5. The van der Waals surface area contributed by atoms with Gasteiger partial charge in [-0.3, -0.25) is 9.10 Å². The second-order valence-electron chi connectivity index (χ2n) is 5.48. The molecule has 0 aliphatic carbocycles. The molecular formula is C17H19ClN2O3S. The zero-order chi connectivity index (χ0) is 17.7. The van der Waals surface area contributed by atoms with Crippen LogP contribution in [0.3, 0.4) is 0 Å². The lowest BCUT2D eigenvalue weighted by Crippen LogP contribution is -2.40. The summed E-state index contributed by atoms with van der Waals surface area (Å²) in [6.45, 7) is 1.82. The summed E-state index contributed by atoms with van der Waals surface area (Å²) in [5.41, 5.74) is 2.15. The molecule has 0 fully saturated rings. The first-order valence-electron chi connectivity index (χ1n) is 7.32. The number of nitrogens with zero attached hydrogens (tertiary/aromatic N) is 1. The number of halogens is 1. The quantitative estimate of drug-likeness (QED) is 0.854. The lowest BCUT2D eigenvalue weighted by atomic mass is 10.2. The minimum atomic E-state index is -3.57. The Kier molecular flexibility index (Phi) is 5.85. The van der Waals surface area contributed by atoms with E-state index in [1.54, 1.807) is 36.4 Å². The van der Waals surface area contributed by atoms with Crippen molar-refractivity contribution >= 4 is 33.2 Å². The Morgan fingerprint density at radius 1 is 1.17 bits per heavy atom.